The Morgan fingerprint density at radius 1 is 1.52 bits per heavy atom. The summed E-state index contributed by atoms with van der Waals surface area (Å²) in [6.07, 6.45) is 6.86. The minimum absolute atomic E-state index is 0.0330. The number of fused-ring (bicyclic) bond motifs is 1. The van der Waals surface area contributed by atoms with E-state index in [1.807, 2.05) is 6.07 Å². The van der Waals surface area contributed by atoms with Crippen LogP contribution in [0, 0.1) is 0 Å². The third kappa shape index (κ3) is 2.34. The van der Waals surface area contributed by atoms with Crippen molar-refractivity contribution >= 4 is 29.7 Å². The maximum Gasteiger partial charge on any atom is 0.352 e. The summed E-state index contributed by atoms with van der Waals surface area (Å²) in [5.74, 6) is -0.927. The SMILES string of the molecule is N[C@@H]1C(=O)N2C(C(=O)O)=C(/C=C/c3cccnc3)CS[C@@H]12. The molecule has 3 rings (SSSR count). The monoisotopic (exact) mass is 303 g/mol. The summed E-state index contributed by atoms with van der Waals surface area (Å²) in [5, 5.41) is 9.12. The molecule has 1 saturated heterocycles. The number of aliphatic carboxylic acids is 1. The number of allylic oxidation sites excluding steroid dienone is 1. The number of carboxylic acid groups (broad SMARTS) is 1. The number of hydrogen-bond donors (Lipinski definition) is 2. The molecule has 21 heavy (non-hydrogen) atoms. The maximum absolute atomic E-state index is 11.8. The minimum atomic E-state index is -1.11. The summed E-state index contributed by atoms with van der Waals surface area (Å²) < 4.78 is 0. The molecule has 0 bridgehead atoms. The van der Waals surface area contributed by atoms with Gasteiger partial charge in [0.1, 0.15) is 17.1 Å². The molecule has 108 valence electrons. The van der Waals surface area contributed by atoms with Gasteiger partial charge >= 0.3 is 5.97 Å². The van der Waals surface area contributed by atoms with E-state index in [9.17, 15) is 14.7 Å². The number of carboxylic acids is 1. The zero-order valence-corrected chi connectivity index (χ0v) is 11.8. The van der Waals surface area contributed by atoms with Crippen molar-refractivity contribution in [2.75, 3.05) is 5.75 Å². The van der Waals surface area contributed by atoms with Crippen molar-refractivity contribution in [3.63, 3.8) is 0 Å². The molecule has 2 aliphatic heterocycles. The van der Waals surface area contributed by atoms with E-state index in [4.69, 9.17) is 5.73 Å². The third-order valence-electron chi connectivity index (χ3n) is 3.40. The Balaban J connectivity index is 1.93. The number of carbonyl (C=O) groups is 2. The topological polar surface area (TPSA) is 96.5 Å². The highest BCUT2D eigenvalue weighted by atomic mass is 32.2. The number of β-lactam (4-membered cyclic amide) rings is 1. The van der Waals surface area contributed by atoms with Crippen LogP contribution >= 0.6 is 11.8 Å². The molecule has 2 atom stereocenters. The molecule has 0 spiro atoms. The molecule has 0 radical (unpaired) electrons. The van der Waals surface area contributed by atoms with Crippen LogP contribution in [0.2, 0.25) is 0 Å². The molecule has 6 nitrogen and oxygen atoms in total. The summed E-state index contributed by atoms with van der Waals surface area (Å²) in [4.78, 5) is 28.5. The maximum atomic E-state index is 11.8. The quantitative estimate of drug-likeness (QED) is 0.797. The molecule has 7 heteroatoms. The first-order chi connectivity index (χ1) is 10.1. The van der Waals surface area contributed by atoms with E-state index in [2.05, 4.69) is 4.98 Å². The second-order valence-electron chi connectivity index (χ2n) is 4.73. The molecule has 2 aliphatic rings. The van der Waals surface area contributed by atoms with Crippen LogP contribution in [0.4, 0.5) is 0 Å². The van der Waals surface area contributed by atoms with Gasteiger partial charge in [0.25, 0.3) is 0 Å². The normalized spacial score (nSPS) is 25.0. The smallest absolute Gasteiger partial charge is 0.352 e. The van der Waals surface area contributed by atoms with Crippen LogP contribution in [-0.4, -0.2) is 44.0 Å². The van der Waals surface area contributed by atoms with Crippen molar-refractivity contribution in [3.05, 3.63) is 47.4 Å². The fraction of sp³-hybridized carbons (Fsp3) is 0.214. The number of thioether (sulfide) groups is 1. The van der Waals surface area contributed by atoms with E-state index >= 15 is 0 Å². The predicted octanol–water partition coefficient (Wildman–Crippen LogP) is 0.676. The van der Waals surface area contributed by atoms with Gasteiger partial charge in [-0.3, -0.25) is 14.7 Å². The van der Waals surface area contributed by atoms with Gasteiger partial charge in [-0.25, -0.2) is 4.79 Å². The molecule has 0 saturated carbocycles. The Kier molecular flexibility index (Phi) is 3.52. The van der Waals surface area contributed by atoms with E-state index < -0.39 is 12.0 Å². The van der Waals surface area contributed by atoms with E-state index in [0.29, 0.717) is 11.3 Å². The van der Waals surface area contributed by atoms with Crippen LogP contribution in [0.3, 0.4) is 0 Å². The first kappa shape index (κ1) is 13.8. The second kappa shape index (κ2) is 5.34. The number of hydrogen-bond acceptors (Lipinski definition) is 5. The van der Waals surface area contributed by atoms with Gasteiger partial charge in [-0.05, 0) is 17.2 Å². The Bertz CT molecular complexity index is 657. The number of aromatic nitrogens is 1. The van der Waals surface area contributed by atoms with Gasteiger partial charge in [0.15, 0.2) is 0 Å². The molecule has 0 aromatic carbocycles. The fourth-order valence-electron chi connectivity index (χ4n) is 2.34. The Morgan fingerprint density at radius 2 is 2.33 bits per heavy atom. The van der Waals surface area contributed by atoms with Crippen molar-refractivity contribution < 1.29 is 14.7 Å². The average Bonchev–Trinajstić information content (AvgIpc) is 2.52. The molecule has 3 N–H and O–H groups in total. The lowest BCUT2D eigenvalue weighted by molar-refractivity contribution is -0.147. The average molecular weight is 303 g/mol. The van der Waals surface area contributed by atoms with Crippen LogP contribution in [0.5, 0.6) is 0 Å². The van der Waals surface area contributed by atoms with Gasteiger partial charge in [-0.1, -0.05) is 18.2 Å². The number of pyridine rings is 1. The second-order valence-corrected chi connectivity index (χ2v) is 5.84. The Hall–Kier alpha value is -2.12. The standard InChI is InChI=1S/C14H13N3O3S/c15-10-12(18)17-11(14(19)20)9(7-21-13(10)17)4-3-8-2-1-5-16-6-8/h1-6,10,13H,7,15H2,(H,19,20)/b4-3+/t10-,13+/m1/s1. The summed E-state index contributed by atoms with van der Waals surface area (Å²) in [7, 11) is 0. The molecule has 1 aromatic rings. The number of nitrogens with zero attached hydrogens (tertiary/aromatic N) is 2. The van der Waals surface area contributed by atoms with Gasteiger partial charge in [-0.2, -0.15) is 0 Å². The molecule has 0 unspecified atom stereocenters. The van der Waals surface area contributed by atoms with Crippen molar-refractivity contribution in [2.45, 2.75) is 11.4 Å². The summed E-state index contributed by atoms with van der Waals surface area (Å²) in [5.41, 5.74) is 7.20. The molecule has 0 aliphatic carbocycles. The molecule has 3 heterocycles. The Labute approximate surface area is 125 Å². The van der Waals surface area contributed by atoms with Crippen molar-refractivity contribution in [1.29, 1.82) is 0 Å². The number of amides is 1. The van der Waals surface area contributed by atoms with E-state index in [0.717, 1.165) is 5.56 Å². The molecule has 1 aromatic heterocycles. The van der Waals surface area contributed by atoms with Crippen LogP contribution in [-0.2, 0) is 9.59 Å². The van der Waals surface area contributed by atoms with Gasteiger partial charge in [0.05, 0.1) is 0 Å². The van der Waals surface area contributed by atoms with Crippen LogP contribution < -0.4 is 5.73 Å². The summed E-state index contributed by atoms with van der Waals surface area (Å²) in [6, 6.07) is 3.07. The van der Waals surface area contributed by atoms with E-state index in [-0.39, 0.29) is 17.0 Å². The van der Waals surface area contributed by atoms with E-state index in [1.54, 1.807) is 30.6 Å². The highest BCUT2D eigenvalue weighted by molar-refractivity contribution is 8.00. The first-order valence-electron chi connectivity index (χ1n) is 6.34. The summed E-state index contributed by atoms with van der Waals surface area (Å²) in [6.45, 7) is 0. The van der Waals surface area contributed by atoms with Crippen LogP contribution in [0.25, 0.3) is 6.08 Å². The lowest BCUT2D eigenvalue weighted by atomic mass is 10.0. The van der Waals surface area contributed by atoms with Crippen molar-refractivity contribution in [1.82, 2.24) is 9.88 Å². The molecular formula is C14H13N3O3S. The zero-order valence-electron chi connectivity index (χ0n) is 11.0. The van der Waals surface area contributed by atoms with E-state index in [1.165, 1.54) is 16.7 Å². The molecule has 1 amide bonds. The highest BCUT2D eigenvalue weighted by Crippen LogP contribution is 2.39. The fourth-order valence-corrected chi connectivity index (χ4v) is 3.60. The summed E-state index contributed by atoms with van der Waals surface area (Å²) >= 11 is 1.48. The lowest BCUT2D eigenvalue weighted by Crippen LogP contribution is -2.68. The minimum Gasteiger partial charge on any atom is -0.477 e. The highest BCUT2D eigenvalue weighted by Gasteiger charge is 2.51. The van der Waals surface area contributed by atoms with Gasteiger partial charge in [-0.15, -0.1) is 11.8 Å². The number of nitrogens with two attached hydrogens (primary N) is 1. The Morgan fingerprint density at radius 3 is 3.00 bits per heavy atom. The molecule has 1 fully saturated rings. The van der Waals surface area contributed by atoms with Crippen molar-refractivity contribution in [3.8, 4) is 0 Å². The number of rotatable bonds is 3. The lowest BCUT2D eigenvalue weighted by Gasteiger charge is -2.47. The zero-order chi connectivity index (χ0) is 15.0. The van der Waals surface area contributed by atoms with Crippen LogP contribution in [0.15, 0.2) is 41.9 Å². The first-order valence-corrected chi connectivity index (χ1v) is 7.39. The van der Waals surface area contributed by atoms with Gasteiger partial charge in [0.2, 0.25) is 5.91 Å². The van der Waals surface area contributed by atoms with Gasteiger partial charge < -0.3 is 10.8 Å². The molecular weight excluding hydrogens is 290 g/mol. The predicted molar refractivity (Wildman–Crippen MR) is 79.0 cm³/mol. The van der Waals surface area contributed by atoms with Crippen molar-refractivity contribution in [2.24, 2.45) is 5.73 Å². The third-order valence-corrected chi connectivity index (χ3v) is 4.73. The van der Waals surface area contributed by atoms with Crippen LogP contribution in [0.1, 0.15) is 5.56 Å². The van der Waals surface area contributed by atoms with Gasteiger partial charge in [0, 0.05) is 18.1 Å². The number of carbonyl (C=O) groups excluding carboxylic acids is 1. The largest absolute Gasteiger partial charge is 0.477 e.